The van der Waals surface area contributed by atoms with Gasteiger partial charge in [-0.2, -0.15) is 0 Å². The second kappa shape index (κ2) is 11.1. The summed E-state index contributed by atoms with van der Waals surface area (Å²) in [7, 11) is 0. The Bertz CT molecular complexity index is 985. The van der Waals surface area contributed by atoms with E-state index in [1.54, 1.807) is 4.90 Å². The van der Waals surface area contributed by atoms with Crippen molar-refractivity contribution in [2.24, 2.45) is 17.8 Å². The van der Waals surface area contributed by atoms with Gasteiger partial charge in [0.05, 0.1) is 30.1 Å². The van der Waals surface area contributed by atoms with Crippen LogP contribution in [0, 0.1) is 17.8 Å². The molecule has 3 fully saturated rings. The highest BCUT2D eigenvalue weighted by atomic mass is 16.5. The molecule has 0 aliphatic carbocycles. The molecule has 3 heterocycles. The molecule has 4 rings (SSSR count). The van der Waals surface area contributed by atoms with Gasteiger partial charge in [-0.3, -0.25) is 14.4 Å². The molecule has 3 saturated heterocycles. The molecule has 204 valence electrons. The third kappa shape index (κ3) is 4.78. The molecule has 3 aliphatic rings. The maximum atomic E-state index is 14.2. The average molecular weight is 514 g/mol. The first-order valence-corrected chi connectivity index (χ1v) is 14.0. The first kappa shape index (κ1) is 27.6. The molecule has 2 bridgehead atoms. The van der Waals surface area contributed by atoms with Gasteiger partial charge in [0.25, 0.3) is 0 Å². The molecule has 6 atom stereocenters. The van der Waals surface area contributed by atoms with Crippen LogP contribution in [0.2, 0.25) is 0 Å². The van der Waals surface area contributed by atoms with Crippen LogP contribution < -0.4 is 10.6 Å². The van der Waals surface area contributed by atoms with E-state index in [2.05, 4.69) is 17.6 Å². The monoisotopic (exact) mass is 513 g/mol. The van der Waals surface area contributed by atoms with Crippen molar-refractivity contribution < 1.29 is 24.2 Å². The van der Waals surface area contributed by atoms with Crippen LogP contribution in [0.3, 0.4) is 0 Å². The van der Waals surface area contributed by atoms with Crippen LogP contribution in [0.25, 0.3) is 0 Å². The van der Waals surface area contributed by atoms with Gasteiger partial charge in [0.15, 0.2) is 0 Å². The molecule has 3 amide bonds. The van der Waals surface area contributed by atoms with E-state index in [0.29, 0.717) is 38.8 Å². The minimum Gasteiger partial charge on any atom is -0.394 e. The third-order valence-electron chi connectivity index (χ3n) is 8.64. The molecule has 0 aromatic heterocycles. The zero-order chi connectivity index (χ0) is 26.8. The number of hydrogen-bond acceptors (Lipinski definition) is 5. The number of carbonyl (C=O) groups is 3. The number of benzene rings is 1. The number of likely N-dealkylation sites (tertiary alicyclic amines) is 1. The number of unbranched alkanes of at least 4 members (excludes halogenated alkanes) is 1. The number of amides is 3. The molecular weight excluding hydrogens is 470 g/mol. The van der Waals surface area contributed by atoms with E-state index in [0.717, 1.165) is 18.4 Å². The summed E-state index contributed by atoms with van der Waals surface area (Å²) in [6.07, 6.45) is 4.09. The topological polar surface area (TPSA) is 108 Å². The van der Waals surface area contributed by atoms with Gasteiger partial charge < -0.3 is 25.4 Å². The largest absolute Gasteiger partial charge is 0.394 e. The van der Waals surface area contributed by atoms with E-state index < -0.39 is 35.1 Å². The molecule has 3 N–H and O–H groups in total. The Balaban J connectivity index is 1.70. The molecule has 0 radical (unpaired) electrons. The number of hydrogen-bond donors (Lipinski definition) is 3. The zero-order valence-electron chi connectivity index (χ0n) is 22.7. The molecule has 1 aromatic rings. The van der Waals surface area contributed by atoms with Crippen LogP contribution in [0.1, 0.15) is 71.8 Å². The fourth-order valence-electron chi connectivity index (χ4n) is 6.95. The summed E-state index contributed by atoms with van der Waals surface area (Å²) in [6, 6.07) is 8.30. The van der Waals surface area contributed by atoms with E-state index in [1.165, 1.54) is 0 Å². The summed E-state index contributed by atoms with van der Waals surface area (Å²) >= 11 is 0. The molecule has 3 aliphatic heterocycles. The van der Waals surface area contributed by atoms with Crippen molar-refractivity contribution in [2.75, 3.05) is 13.2 Å². The van der Waals surface area contributed by atoms with Crippen molar-refractivity contribution in [2.45, 2.75) is 96.1 Å². The normalized spacial score (nSPS) is 31.0. The van der Waals surface area contributed by atoms with Gasteiger partial charge in [0.1, 0.15) is 11.6 Å². The summed E-state index contributed by atoms with van der Waals surface area (Å²) in [5, 5.41) is 16.4. The van der Waals surface area contributed by atoms with Gasteiger partial charge in [-0.15, -0.1) is 0 Å². The number of carbonyl (C=O) groups excluding carboxylic acids is 3. The molecule has 8 nitrogen and oxygen atoms in total. The van der Waals surface area contributed by atoms with Crippen molar-refractivity contribution in [3.8, 4) is 0 Å². The standard InChI is InChI=1S/C29H43N3O5/c1-5-7-15-30-26(35)24-29-14-13-28(6-2,37-29)22(25(34)31-17-20-11-9-8-10-12-20)23(29)27(36)32(24)21(18-33)16-19(3)4/h8-12,19,21-24,33H,5-7,13-18H2,1-4H3,(H,30,35)(H,31,34)/t21-,22-,23+,24?,28+,29?/m1/s1. The van der Waals surface area contributed by atoms with Crippen molar-refractivity contribution in [1.82, 2.24) is 15.5 Å². The van der Waals surface area contributed by atoms with Crippen LogP contribution in [-0.2, 0) is 25.7 Å². The molecule has 0 saturated carbocycles. The lowest BCUT2D eigenvalue weighted by Crippen LogP contribution is -2.58. The van der Waals surface area contributed by atoms with Gasteiger partial charge in [-0.25, -0.2) is 0 Å². The minimum atomic E-state index is -1.07. The Morgan fingerprint density at radius 2 is 1.86 bits per heavy atom. The number of rotatable bonds is 12. The second-order valence-electron chi connectivity index (χ2n) is 11.4. The number of aliphatic hydroxyl groups excluding tert-OH is 1. The van der Waals surface area contributed by atoms with Gasteiger partial charge in [-0.1, -0.05) is 64.4 Å². The Morgan fingerprint density at radius 1 is 1.14 bits per heavy atom. The van der Waals surface area contributed by atoms with Gasteiger partial charge in [0.2, 0.25) is 17.7 Å². The van der Waals surface area contributed by atoms with Crippen LogP contribution in [0.15, 0.2) is 30.3 Å². The number of ether oxygens (including phenoxy) is 1. The van der Waals surface area contributed by atoms with Crippen LogP contribution in [0.4, 0.5) is 0 Å². The van der Waals surface area contributed by atoms with E-state index in [-0.39, 0.29) is 30.2 Å². The Kier molecular flexibility index (Phi) is 8.29. The maximum absolute atomic E-state index is 14.2. The Morgan fingerprint density at radius 3 is 2.49 bits per heavy atom. The first-order valence-electron chi connectivity index (χ1n) is 14.0. The lowest BCUT2D eigenvalue weighted by Gasteiger charge is -2.38. The highest BCUT2D eigenvalue weighted by Crippen LogP contribution is 2.64. The fourth-order valence-corrected chi connectivity index (χ4v) is 6.95. The zero-order valence-corrected chi connectivity index (χ0v) is 22.7. The summed E-state index contributed by atoms with van der Waals surface area (Å²) < 4.78 is 6.78. The highest BCUT2D eigenvalue weighted by molar-refractivity contribution is 5.99. The van der Waals surface area contributed by atoms with Crippen LogP contribution in [0.5, 0.6) is 0 Å². The van der Waals surface area contributed by atoms with E-state index in [1.807, 2.05) is 51.1 Å². The number of aliphatic hydroxyl groups is 1. The summed E-state index contributed by atoms with van der Waals surface area (Å²) in [6.45, 7) is 8.76. The van der Waals surface area contributed by atoms with Crippen molar-refractivity contribution >= 4 is 17.7 Å². The minimum absolute atomic E-state index is 0.206. The van der Waals surface area contributed by atoms with Crippen LogP contribution in [-0.4, -0.2) is 64.2 Å². The Hall–Kier alpha value is -2.45. The molecule has 2 unspecified atom stereocenters. The van der Waals surface area contributed by atoms with Crippen LogP contribution >= 0.6 is 0 Å². The van der Waals surface area contributed by atoms with E-state index >= 15 is 0 Å². The predicted molar refractivity (Wildman–Crippen MR) is 140 cm³/mol. The maximum Gasteiger partial charge on any atom is 0.245 e. The average Bonchev–Trinajstić information content (AvgIpc) is 3.50. The molecule has 1 aromatic carbocycles. The van der Waals surface area contributed by atoms with Gasteiger partial charge in [-0.05, 0) is 43.6 Å². The molecular formula is C29H43N3O5. The fraction of sp³-hybridized carbons (Fsp3) is 0.690. The van der Waals surface area contributed by atoms with E-state index in [9.17, 15) is 19.5 Å². The van der Waals surface area contributed by atoms with E-state index in [4.69, 9.17) is 4.74 Å². The third-order valence-corrected chi connectivity index (χ3v) is 8.64. The van der Waals surface area contributed by atoms with Crippen molar-refractivity contribution in [1.29, 1.82) is 0 Å². The summed E-state index contributed by atoms with van der Waals surface area (Å²) in [4.78, 5) is 43.3. The summed E-state index contributed by atoms with van der Waals surface area (Å²) in [5.41, 5.74) is -0.866. The Labute approximate surface area is 220 Å². The highest BCUT2D eigenvalue weighted by Gasteiger charge is 2.79. The second-order valence-corrected chi connectivity index (χ2v) is 11.4. The van der Waals surface area contributed by atoms with Gasteiger partial charge >= 0.3 is 0 Å². The van der Waals surface area contributed by atoms with Gasteiger partial charge in [0, 0.05) is 13.1 Å². The number of nitrogens with zero attached hydrogens (tertiary/aromatic N) is 1. The quantitative estimate of drug-likeness (QED) is 0.373. The van der Waals surface area contributed by atoms with Crippen molar-refractivity contribution in [3.05, 3.63) is 35.9 Å². The smallest absolute Gasteiger partial charge is 0.245 e. The SMILES string of the molecule is CCCCNC(=O)C1N([C@@H](CO)CC(C)C)C(=O)[C@@H]2[C@H](C(=O)NCc3ccccc3)[C@]3(CC)CCC12O3. The lowest BCUT2D eigenvalue weighted by molar-refractivity contribution is -0.151. The molecule has 8 heteroatoms. The first-order chi connectivity index (χ1) is 17.7. The van der Waals surface area contributed by atoms with Crippen molar-refractivity contribution in [3.63, 3.8) is 0 Å². The molecule has 1 spiro atoms. The number of fused-ring (bicyclic) bond motifs is 1. The lowest BCUT2D eigenvalue weighted by atomic mass is 9.65. The summed E-state index contributed by atoms with van der Waals surface area (Å²) in [5.74, 6) is -1.91. The number of nitrogens with one attached hydrogen (secondary N) is 2. The molecule has 37 heavy (non-hydrogen) atoms. The predicted octanol–water partition coefficient (Wildman–Crippen LogP) is 2.78.